The van der Waals surface area contributed by atoms with Crippen LogP contribution in [-0.4, -0.2) is 21.7 Å². The van der Waals surface area contributed by atoms with Crippen LogP contribution < -0.4 is 15.5 Å². The Morgan fingerprint density at radius 2 is 1.58 bits per heavy atom. The molecule has 1 aromatic heterocycles. The van der Waals surface area contributed by atoms with Crippen LogP contribution in [0.2, 0.25) is 0 Å². The second kappa shape index (κ2) is 8.54. The van der Waals surface area contributed by atoms with Crippen molar-refractivity contribution in [1.82, 2.24) is 4.57 Å². The van der Waals surface area contributed by atoms with Gasteiger partial charge in [0, 0.05) is 11.6 Å². The van der Waals surface area contributed by atoms with E-state index in [1.54, 1.807) is 42.5 Å². The number of hydrogen-bond donors (Lipinski definition) is 2. The standard InChI is InChI=1S/C24H18N2O5/c27-22-17-10-4-6-12-20(17)26(14-18(22)23(28)29)24(30)25-19-11-5-7-13-21(19)31-15-16-8-2-1-3-9-16/h1-14H,15H2,(H,25,30)(H,28,29). The Bertz CT molecular complexity index is 1330. The van der Waals surface area contributed by atoms with E-state index in [9.17, 15) is 19.5 Å². The highest BCUT2D eigenvalue weighted by Gasteiger charge is 2.18. The number of carboxylic acids is 1. The van der Waals surface area contributed by atoms with Gasteiger partial charge in [0.25, 0.3) is 0 Å². The predicted octanol–water partition coefficient (Wildman–Crippen LogP) is 4.36. The molecule has 2 N–H and O–H groups in total. The molecule has 7 heteroatoms. The molecular weight excluding hydrogens is 396 g/mol. The van der Waals surface area contributed by atoms with Gasteiger partial charge in [-0.3, -0.25) is 9.36 Å². The fraction of sp³-hybridized carbons (Fsp3) is 0.0417. The van der Waals surface area contributed by atoms with Gasteiger partial charge >= 0.3 is 12.0 Å². The molecule has 0 aliphatic heterocycles. The van der Waals surface area contributed by atoms with Crippen molar-refractivity contribution in [2.75, 3.05) is 5.32 Å². The molecule has 0 aliphatic rings. The number of aromatic carboxylic acids is 1. The average molecular weight is 414 g/mol. The third-order valence-electron chi connectivity index (χ3n) is 4.73. The number of fused-ring (bicyclic) bond motifs is 1. The maximum atomic E-state index is 13.0. The highest BCUT2D eigenvalue weighted by atomic mass is 16.5. The van der Waals surface area contributed by atoms with E-state index in [1.807, 2.05) is 30.3 Å². The number of pyridine rings is 1. The van der Waals surface area contributed by atoms with Gasteiger partial charge < -0.3 is 15.2 Å². The molecular formula is C24H18N2O5. The van der Waals surface area contributed by atoms with Gasteiger partial charge in [-0.1, -0.05) is 54.6 Å². The first-order chi connectivity index (χ1) is 15.0. The van der Waals surface area contributed by atoms with Crippen LogP contribution in [-0.2, 0) is 6.61 Å². The Balaban J connectivity index is 1.67. The lowest BCUT2D eigenvalue weighted by molar-refractivity contribution is 0.0695. The molecule has 154 valence electrons. The molecule has 1 amide bonds. The first-order valence-corrected chi connectivity index (χ1v) is 9.49. The smallest absolute Gasteiger partial charge is 0.341 e. The minimum atomic E-state index is -1.40. The van der Waals surface area contributed by atoms with Crippen molar-refractivity contribution in [2.24, 2.45) is 0 Å². The van der Waals surface area contributed by atoms with Crippen molar-refractivity contribution in [2.45, 2.75) is 6.61 Å². The van der Waals surface area contributed by atoms with Crippen LogP contribution in [0.15, 0.2) is 89.9 Å². The Morgan fingerprint density at radius 1 is 0.903 bits per heavy atom. The average Bonchev–Trinajstić information content (AvgIpc) is 2.79. The first kappa shape index (κ1) is 19.9. The van der Waals surface area contributed by atoms with E-state index in [4.69, 9.17) is 4.74 Å². The van der Waals surface area contributed by atoms with Crippen molar-refractivity contribution >= 4 is 28.6 Å². The second-order valence-corrected chi connectivity index (χ2v) is 6.76. The molecule has 0 aliphatic carbocycles. The van der Waals surface area contributed by atoms with Crippen LogP contribution in [0, 0.1) is 0 Å². The Kier molecular flexibility index (Phi) is 5.49. The molecule has 0 saturated carbocycles. The largest absolute Gasteiger partial charge is 0.487 e. The van der Waals surface area contributed by atoms with Crippen LogP contribution in [0.5, 0.6) is 5.75 Å². The van der Waals surface area contributed by atoms with E-state index < -0.39 is 23.0 Å². The van der Waals surface area contributed by atoms with Gasteiger partial charge in [0.1, 0.15) is 17.9 Å². The summed E-state index contributed by atoms with van der Waals surface area (Å²) >= 11 is 0. The number of nitrogens with one attached hydrogen (secondary N) is 1. The van der Waals surface area contributed by atoms with Gasteiger partial charge in [-0.2, -0.15) is 0 Å². The summed E-state index contributed by atoms with van der Waals surface area (Å²) in [7, 11) is 0. The van der Waals surface area contributed by atoms with Crippen molar-refractivity contribution < 1.29 is 19.4 Å². The van der Waals surface area contributed by atoms with Crippen molar-refractivity contribution in [1.29, 1.82) is 0 Å². The number of ether oxygens (including phenoxy) is 1. The lowest BCUT2D eigenvalue weighted by Crippen LogP contribution is -2.25. The van der Waals surface area contributed by atoms with E-state index in [0.717, 1.165) is 16.3 Å². The number of carbonyl (C=O) groups is 2. The minimum Gasteiger partial charge on any atom is -0.487 e. The van der Waals surface area contributed by atoms with E-state index in [1.165, 1.54) is 6.07 Å². The maximum absolute atomic E-state index is 13.0. The summed E-state index contributed by atoms with van der Waals surface area (Å²) in [5.74, 6) is -0.938. The Labute approximate surface area is 177 Å². The minimum absolute atomic E-state index is 0.145. The normalized spacial score (nSPS) is 10.6. The summed E-state index contributed by atoms with van der Waals surface area (Å²) < 4.78 is 6.98. The molecule has 0 unspecified atom stereocenters. The van der Waals surface area contributed by atoms with Crippen LogP contribution in [0.25, 0.3) is 10.9 Å². The van der Waals surface area contributed by atoms with Crippen molar-refractivity contribution in [3.05, 3.63) is 106 Å². The van der Waals surface area contributed by atoms with Gasteiger partial charge in [0.15, 0.2) is 0 Å². The van der Waals surface area contributed by atoms with Gasteiger partial charge in [0.05, 0.1) is 11.2 Å². The van der Waals surface area contributed by atoms with Crippen LogP contribution >= 0.6 is 0 Å². The first-order valence-electron chi connectivity index (χ1n) is 9.49. The van der Waals surface area contributed by atoms with E-state index in [0.29, 0.717) is 23.6 Å². The van der Waals surface area contributed by atoms with Crippen molar-refractivity contribution in [3.8, 4) is 5.75 Å². The molecule has 1 heterocycles. The van der Waals surface area contributed by atoms with Crippen molar-refractivity contribution in [3.63, 3.8) is 0 Å². The number of hydrogen-bond acceptors (Lipinski definition) is 4. The molecule has 31 heavy (non-hydrogen) atoms. The molecule has 0 atom stereocenters. The third-order valence-corrected chi connectivity index (χ3v) is 4.73. The quantitative estimate of drug-likeness (QED) is 0.506. The fourth-order valence-electron chi connectivity index (χ4n) is 3.20. The SMILES string of the molecule is O=C(O)c1cn(C(=O)Nc2ccccc2OCc2ccccc2)c2ccccc2c1=O. The van der Waals surface area contributed by atoms with Gasteiger partial charge in [0.2, 0.25) is 5.43 Å². The zero-order valence-electron chi connectivity index (χ0n) is 16.3. The maximum Gasteiger partial charge on any atom is 0.341 e. The third kappa shape index (κ3) is 4.16. The monoisotopic (exact) mass is 414 g/mol. The number of rotatable bonds is 5. The highest BCUT2D eigenvalue weighted by Crippen LogP contribution is 2.25. The lowest BCUT2D eigenvalue weighted by atomic mass is 10.1. The van der Waals surface area contributed by atoms with Gasteiger partial charge in [-0.05, 0) is 29.8 Å². The number of carboxylic acid groups (broad SMARTS) is 1. The summed E-state index contributed by atoms with van der Waals surface area (Å²) in [4.78, 5) is 37.0. The summed E-state index contributed by atoms with van der Waals surface area (Å²) in [6, 6.07) is 22.3. The van der Waals surface area contributed by atoms with Crippen LogP contribution in [0.1, 0.15) is 15.9 Å². The number of anilines is 1. The molecule has 0 bridgehead atoms. The van der Waals surface area contributed by atoms with Crippen LogP contribution in [0.4, 0.5) is 10.5 Å². The van der Waals surface area contributed by atoms with E-state index >= 15 is 0 Å². The summed E-state index contributed by atoms with van der Waals surface area (Å²) in [6.45, 7) is 0.317. The predicted molar refractivity (Wildman–Crippen MR) is 117 cm³/mol. The van der Waals surface area contributed by atoms with Gasteiger partial charge in [-0.25, -0.2) is 9.59 Å². The van der Waals surface area contributed by atoms with Crippen LogP contribution in [0.3, 0.4) is 0 Å². The number of nitrogens with zero attached hydrogens (tertiary/aromatic N) is 1. The number of benzene rings is 3. The fourth-order valence-corrected chi connectivity index (χ4v) is 3.20. The molecule has 4 aromatic rings. The number of amides is 1. The second-order valence-electron chi connectivity index (χ2n) is 6.76. The number of carbonyl (C=O) groups excluding carboxylic acids is 1. The lowest BCUT2D eigenvalue weighted by Gasteiger charge is -2.15. The summed E-state index contributed by atoms with van der Waals surface area (Å²) in [5, 5.41) is 12.3. The summed E-state index contributed by atoms with van der Waals surface area (Å²) in [6.07, 6.45) is 1.04. The summed E-state index contributed by atoms with van der Waals surface area (Å²) in [5.41, 5.74) is 0.572. The Hall–Kier alpha value is -4.39. The molecule has 0 fully saturated rings. The molecule has 0 radical (unpaired) electrons. The molecule has 3 aromatic carbocycles. The number of para-hydroxylation sites is 3. The molecule has 0 spiro atoms. The molecule has 4 rings (SSSR count). The molecule has 7 nitrogen and oxygen atoms in total. The van der Waals surface area contributed by atoms with E-state index in [2.05, 4.69) is 5.32 Å². The number of aromatic nitrogens is 1. The highest BCUT2D eigenvalue weighted by molar-refractivity contribution is 6.01. The topological polar surface area (TPSA) is 97.6 Å². The van der Waals surface area contributed by atoms with E-state index in [-0.39, 0.29) is 5.39 Å². The van der Waals surface area contributed by atoms with Gasteiger partial charge in [-0.15, -0.1) is 0 Å². The Morgan fingerprint density at radius 3 is 2.35 bits per heavy atom. The zero-order valence-corrected chi connectivity index (χ0v) is 16.3. The molecule has 0 saturated heterocycles. The zero-order chi connectivity index (χ0) is 21.8.